The lowest BCUT2D eigenvalue weighted by atomic mass is 10.5. The monoisotopic (exact) mass is 108 g/mol. The molecular weight excluding hydrogens is 104 g/mol. The van der Waals surface area contributed by atoms with Gasteiger partial charge >= 0.3 is 0 Å². The maximum absolute atomic E-state index is 8.17. The number of aliphatic imine (C=N–C) groups is 1. The summed E-state index contributed by atoms with van der Waals surface area (Å²) in [5, 5.41) is 8.17. The normalized spacial score (nSPS) is 24.1. The van der Waals surface area contributed by atoms with Crippen molar-refractivity contribution in [1.29, 1.82) is 5.26 Å². The van der Waals surface area contributed by atoms with E-state index < -0.39 is 6.23 Å². The summed E-state index contributed by atoms with van der Waals surface area (Å²) in [6, 6.07) is 1.83. The van der Waals surface area contributed by atoms with E-state index in [4.69, 9.17) is 5.26 Å². The van der Waals surface area contributed by atoms with E-state index in [1.165, 1.54) is 12.5 Å². The van der Waals surface area contributed by atoms with E-state index in [9.17, 15) is 0 Å². The van der Waals surface area contributed by atoms with Crippen molar-refractivity contribution in [3.63, 3.8) is 0 Å². The molecule has 1 heterocycles. The summed E-state index contributed by atoms with van der Waals surface area (Å²) in [5.41, 5.74) is 0. The van der Waals surface area contributed by atoms with Gasteiger partial charge in [0.2, 0.25) is 0 Å². The largest absolute Gasteiger partial charge is 0.463 e. The molecule has 1 atom stereocenters. The molecule has 0 N–H and O–H groups in total. The summed E-state index contributed by atoms with van der Waals surface area (Å²) < 4.78 is 4.69. The van der Waals surface area contributed by atoms with Crippen LogP contribution in [-0.2, 0) is 4.74 Å². The van der Waals surface area contributed by atoms with E-state index >= 15 is 0 Å². The average Bonchev–Trinajstić information content (AvgIpc) is 1.90. The van der Waals surface area contributed by atoms with Gasteiger partial charge in [-0.05, 0) is 6.08 Å². The van der Waals surface area contributed by atoms with Crippen molar-refractivity contribution in [2.24, 2.45) is 4.99 Å². The number of hydrogen-bond donors (Lipinski definition) is 0. The zero-order valence-corrected chi connectivity index (χ0v) is 4.11. The van der Waals surface area contributed by atoms with Crippen LogP contribution >= 0.6 is 0 Å². The zero-order chi connectivity index (χ0) is 5.82. The highest BCUT2D eigenvalue weighted by Gasteiger charge is 2.01. The molecule has 1 rings (SSSR count). The third kappa shape index (κ3) is 0.850. The maximum atomic E-state index is 8.17. The van der Waals surface area contributed by atoms with Crippen LogP contribution in [-0.4, -0.2) is 12.4 Å². The van der Waals surface area contributed by atoms with Crippen LogP contribution < -0.4 is 0 Å². The van der Waals surface area contributed by atoms with Gasteiger partial charge in [0.25, 0.3) is 6.23 Å². The molecule has 3 nitrogen and oxygen atoms in total. The molecule has 0 fully saturated rings. The average molecular weight is 108 g/mol. The molecule has 0 radical (unpaired) electrons. The summed E-state index contributed by atoms with van der Waals surface area (Å²) in [6.07, 6.45) is 3.99. The second-order valence-electron chi connectivity index (χ2n) is 1.24. The first-order chi connectivity index (χ1) is 3.93. The Hall–Kier alpha value is -1.30. The number of ether oxygens (including phenoxy) is 1. The quantitative estimate of drug-likeness (QED) is 0.452. The van der Waals surface area contributed by atoms with Gasteiger partial charge in [-0.2, -0.15) is 5.26 Å². The molecule has 1 aliphatic rings. The van der Waals surface area contributed by atoms with E-state index in [0.29, 0.717) is 0 Å². The molecule has 8 heavy (non-hydrogen) atoms. The van der Waals surface area contributed by atoms with Crippen LogP contribution in [0.5, 0.6) is 0 Å². The maximum Gasteiger partial charge on any atom is 0.276 e. The van der Waals surface area contributed by atoms with Gasteiger partial charge in [0.15, 0.2) is 0 Å². The van der Waals surface area contributed by atoms with Gasteiger partial charge in [-0.3, -0.25) is 0 Å². The first-order valence-corrected chi connectivity index (χ1v) is 2.17. The van der Waals surface area contributed by atoms with Crippen LogP contribution in [0, 0.1) is 11.3 Å². The van der Waals surface area contributed by atoms with Gasteiger partial charge in [0.05, 0.1) is 6.26 Å². The Labute approximate surface area is 46.9 Å². The van der Waals surface area contributed by atoms with Crippen molar-refractivity contribution >= 4 is 6.21 Å². The highest BCUT2D eigenvalue weighted by molar-refractivity contribution is 5.71. The van der Waals surface area contributed by atoms with Crippen molar-refractivity contribution in [3.05, 3.63) is 12.3 Å². The molecule has 1 aliphatic heterocycles. The Bertz CT molecular complexity index is 166. The molecule has 40 valence electrons. The van der Waals surface area contributed by atoms with Crippen LogP contribution in [0.25, 0.3) is 0 Å². The zero-order valence-electron chi connectivity index (χ0n) is 4.11. The van der Waals surface area contributed by atoms with Crippen LogP contribution in [0.15, 0.2) is 17.3 Å². The lowest BCUT2D eigenvalue weighted by Gasteiger charge is -2.03. The fourth-order valence-corrected chi connectivity index (χ4v) is 0.382. The molecule has 0 amide bonds. The molecule has 0 bridgehead atoms. The van der Waals surface area contributed by atoms with Crippen LogP contribution in [0.3, 0.4) is 0 Å². The van der Waals surface area contributed by atoms with Crippen LogP contribution in [0.2, 0.25) is 0 Å². The predicted molar refractivity (Wildman–Crippen MR) is 28.1 cm³/mol. The van der Waals surface area contributed by atoms with Gasteiger partial charge in [-0.25, -0.2) is 4.99 Å². The highest BCUT2D eigenvalue weighted by atomic mass is 16.5. The fourth-order valence-electron chi connectivity index (χ4n) is 0.382. The molecule has 0 spiro atoms. The summed E-state index contributed by atoms with van der Waals surface area (Å²) in [4.78, 5) is 3.65. The minimum absolute atomic E-state index is 0.625. The van der Waals surface area contributed by atoms with Gasteiger partial charge in [-0.15, -0.1) is 0 Å². The molecule has 1 unspecified atom stereocenters. The van der Waals surface area contributed by atoms with E-state index in [0.717, 1.165) is 0 Å². The van der Waals surface area contributed by atoms with E-state index in [1.54, 1.807) is 6.08 Å². The van der Waals surface area contributed by atoms with Crippen molar-refractivity contribution < 1.29 is 4.74 Å². The molecule has 0 aromatic carbocycles. The first kappa shape index (κ1) is 4.85. The van der Waals surface area contributed by atoms with Crippen molar-refractivity contribution in [2.75, 3.05) is 0 Å². The Morgan fingerprint density at radius 2 is 2.62 bits per heavy atom. The summed E-state index contributed by atoms with van der Waals surface area (Å²) >= 11 is 0. The third-order valence-corrected chi connectivity index (χ3v) is 0.704. The third-order valence-electron chi connectivity index (χ3n) is 0.704. The number of allylic oxidation sites excluding steroid dienone is 1. The minimum Gasteiger partial charge on any atom is -0.463 e. The molecule has 0 aromatic rings. The number of hydrogen-bond acceptors (Lipinski definition) is 3. The van der Waals surface area contributed by atoms with Gasteiger partial charge in [-0.1, -0.05) is 0 Å². The molecule has 0 saturated carbocycles. The predicted octanol–water partition coefficient (Wildman–Crippen LogP) is 0.451. The van der Waals surface area contributed by atoms with Crippen molar-refractivity contribution in [3.8, 4) is 6.07 Å². The van der Waals surface area contributed by atoms with Crippen molar-refractivity contribution in [1.82, 2.24) is 0 Å². The number of rotatable bonds is 0. The molecule has 0 saturated heterocycles. The number of nitrogens with zero attached hydrogens (tertiary/aromatic N) is 2. The van der Waals surface area contributed by atoms with Crippen LogP contribution in [0.1, 0.15) is 0 Å². The Kier molecular flexibility index (Phi) is 1.29. The van der Waals surface area contributed by atoms with Gasteiger partial charge in [0.1, 0.15) is 6.07 Å². The van der Waals surface area contributed by atoms with Crippen molar-refractivity contribution in [2.45, 2.75) is 6.23 Å². The summed E-state index contributed by atoms with van der Waals surface area (Å²) in [7, 11) is 0. The van der Waals surface area contributed by atoms with Gasteiger partial charge in [0, 0.05) is 6.21 Å². The second kappa shape index (κ2) is 2.12. The topological polar surface area (TPSA) is 45.4 Å². The smallest absolute Gasteiger partial charge is 0.276 e. The molecular formula is C5H4N2O. The number of nitriles is 1. The Morgan fingerprint density at radius 1 is 1.75 bits per heavy atom. The first-order valence-electron chi connectivity index (χ1n) is 2.17. The van der Waals surface area contributed by atoms with Gasteiger partial charge < -0.3 is 4.74 Å². The molecule has 3 heteroatoms. The lowest BCUT2D eigenvalue weighted by Crippen LogP contribution is -2.04. The van der Waals surface area contributed by atoms with Crippen LogP contribution in [0.4, 0.5) is 0 Å². The fraction of sp³-hybridized carbons (Fsp3) is 0.200. The molecule has 0 aromatic heterocycles. The second-order valence-corrected chi connectivity index (χ2v) is 1.24. The molecule has 0 aliphatic carbocycles. The summed E-state index contributed by atoms with van der Waals surface area (Å²) in [5.74, 6) is 0. The highest BCUT2D eigenvalue weighted by Crippen LogP contribution is 1.95. The standard InChI is InChI=1S/C5H4N2O/c6-4-5-7-2-1-3-8-5/h1-3,5H. The van der Waals surface area contributed by atoms with E-state index in [-0.39, 0.29) is 0 Å². The van der Waals surface area contributed by atoms with E-state index in [1.807, 2.05) is 6.07 Å². The lowest BCUT2D eigenvalue weighted by molar-refractivity contribution is 0.199. The van der Waals surface area contributed by atoms with E-state index in [2.05, 4.69) is 9.73 Å². The SMILES string of the molecule is N#CC1N=CC=CO1. The Morgan fingerprint density at radius 3 is 3.00 bits per heavy atom. The minimum atomic E-state index is -0.625. The summed E-state index contributed by atoms with van der Waals surface area (Å²) in [6.45, 7) is 0. The Balaban J connectivity index is 2.55.